The Morgan fingerprint density at radius 1 is 1.19 bits per heavy atom. The maximum atomic E-state index is 12.4. The maximum absolute atomic E-state index is 12.4. The van der Waals surface area contributed by atoms with Crippen LogP contribution in [0.1, 0.15) is 77.7 Å². The number of rotatable bonds is 15. The Bertz CT molecular complexity index is 648. The summed E-state index contributed by atoms with van der Waals surface area (Å²) >= 11 is 0. The van der Waals surface area contributed by atoms with Crippen LogP contribution in [0.15, 0.2) is 30.3 Å². The molecule has 0 saturated heterocycles. The van der Waals surface area contributed by atoms with E-state index in [0.717, 1.165) is 38.5 Å². The molecule has 0 bridgehead atoms. The lowest BCUT2D eigenvalue weighted by molar-refractivity contribution is -0.120. The zero-order valence-corrected chi connectivity index (χ0v) is 19.9. The number of hydrogen-bond acceptors (Lipinski definition) is 4. The van der Waals surface area contributed by atoms with Crippen molar-refractivity contribution in [1.29, 1.82) is 0 Å². The van der Waals surface area contributed by atoms with Crippen molar-refractivity contribution < 1.29 is 9.59 Å². The molecule has 6 atom stereocenters. The lowest BCUT2D eigenvalue weighted by atomic mass is 9.90. The molecule has 2 unspecified atom stereocenters. The number of aldehydes is 1. The third-order valence-electron chi connectivity index (χ3n) is 7.22. The Balaban J connectivity index is 1.64. The summed E-state index contributed by atoms with van der Waals surface area (Å²) in [4.78, 5) is 23.9. The first-order valence-corrected chi connectivity index (χ1v) is 12.4. The minimum absolute atomic E-state index is 0.124. The molecule has 0 aliphatic heterocycles. The summed E-state index contributed by atoms with van der Waals surface area (Å²) in [5.74, 6) is 2.68. The number of carbonyl (C=O) groups is 2. The van der Waals surface area contributed by atoms with Gasteiger partial charge in [-0.25, -0.2) is 0 Å². The van der Waals surface area contributed by atoms with Gasteiger partial charge in [0.2, 0.25) is 0 Å². The van der Waals surface area contributed by atoms with E-state index in [0.29, 0.717) is 35.9 Å². The van der Waals surface area contributed by atoms with Crippen LogP contribution >= 0.6 is 0 Å². The van der Waals surface area contributed by atoms with Crippen LogP contribution in [-0.2, 0) is 16.0 Å². The van der Waals surface area contributed by atoms with Crippen molar-refractivity contribution in [1.82, 2.24) is 5.32 Å². The van der Waals surface area contributed by atoms with Crippen molar-refractivity contribution in [2.24, 2.45) is 29.4 Å². The standard InChI is InChI=1S/C27H44N2O2/c1-4-21(3)27(28)13-12-26(31)17-24-11-10-23(15-24)14-20(2)18-29-25(19-30)16-22-8-6-5-7-9-22/h5-9,19-21,23-25,27,29H,4,10-18,28H2,1-3H3/t20-,21+,23+,24?,25+,27?/m1/s1. The second-order valence-electron chi connectivity index (χ2n) is 10.1. The van der Waals surface area contributed by atoms with E-state index in [1.807, 2.05) is 18.2 Å². The van der Waals surface area contributed by atoms with E-state index in [1.54, 1.807) is 0 Å². The fourth-order valence-electron chi connectivity index (χ4n) is 4.96. The molecule has 0 amide bonds. The predicted octanol–water partition coefficient (Wildman–Crippen LogP) is 4.94. The fraction of sp³-hybridized carbons (Fsp3) is 0.704. The molecule has 2 rings (SSSR count). The average Bonchev–Trinajstić information content (AvgIpc) is 3.21. The lowest BCUT2D eigenvalue weighted by Crippen LogP contribution is -2.36. The lowest BCUT2D eigenvalue weighted by Gasteiger charge is -2.20. The Kier molecular flexibility index (Phi) is 11.5. The van der Waals surface area contributed by atoms with Gasteiger partial charge in [-0.1, -0.05) is 63.9 Å². The number of hydrogen-bond donors (Lipinski definition) is 2. The number of benzene rings is 1. The molecule has 3 N–H and O–H groups in total. The fourth-order valence-corrected chi connectivity index (χ4v) is 4.96. The van der Waals surface area contributed by atoms with Gasteiger partial charge in [0.15, 0.2) is 0 Å². The van der Waals surface area contributed by atoms with Gasteiger partial charge in [0.05, 0.1) is 6.04 Å². The topological polar surface area (TPSA) is 72.2 Å². The summed E-state index contributed by atoms with van der Waals surface area (Å²) < 4.78 is 0. The third-order valence-corrected chi connectivity index (χ3v) is 7.22. The van der Waals surface area contributed by atoms with Crippen LogP contribution in [0, 0.1) is 23.7 Å². The largest absolute Gasteiger partial charge is 0.327 e. The molecule has 4 heteroatoms. The van der Waals surface area contributed by atoms with Crippen molar-refractivity contribution in [3.63, 3.8) is 0 Å². The van der Waals surface area contributed by atoms with E-state index in [-0.39, 0.29) is 12.1 Å². The van der Waals surface area contributed by atoms with Gasteiger partial charge in [0.1, 0.15) is 12.1 Å². The third kappa shape index (κ3) is 9.65. The highest BCUT2D eigenvalue weighted by atomic mass is 16.1. The van der Waals surface area contributed by atoms with Crippen LogP contribution in [0.3, 0.4) is 0 Å². The van der Waals surface area contributed by atoms with Gasteiger partial charge in [0.25, 0.3) is 0 Å². The summed E-state index contributed by atoms with van der Waals surface area (Å²) in [7, 11) is 0. The summed E-state index contributed by atoms with van der Waals surface area (Å²) in [6, 6.07) is 10.2. The molecule has 0 spiro atoms. The van der Waals surface area contributed by atoms with Crippen LogP contribution in [0.25, 0.3) is 0 Å². The van der Waals surface area contributed by atoms with Crippen molar-refractivity contribution in [2.45, 2.75) is 90.6 Å². The molecule has 1 aromatic rings. The average molecular weight is 429 g/mol. The highest BCUT2D eigenvalue weighted by Gasteiger charge is 2.27. The quantitative estimate of drug-likeness (QED) is 0.388. The van der Waals surface area contributed by atoms with E-state index < -0.39 is 0 Å². The number of carbonyl (C=O) groups excluding carboxylic acids is 2. The van der Waals surface area contributed by atoms with Gasteiger partial charge in [-0.05, 0) is 67.9 Å². The van der Waals surface area contributed by atoms with Gasteiger partial charge >= 0.3 is 0 Å². The first-order chi connectivity index (χ1) is 14.9. The van der Waals surface area contributed by atoms with E-state index in [9.17, 15) is 9.59 Å². The number of Topliss-reactive ketones (excluding diaryl/α,β-unsaturated/α-hetero) is 1. The second kappa shape index (κ2) is 13.8. The number of nitrogens with two attached hydrogens (primary N) is 1. The first-order valence-electron chi connectivity index (χ1n) is 12.4. The molecular weight excluding hydrogens is 384 g/mol. The first kappa shape index (κ1) is 25.7. The highest BCUT2D eigenvalue weighted by molar-refractivity contribution is 5.78. The summed E-state index contributed by atoms with van der Waals surface area (Å²) in [6.07, 6.45) is 9.81. The summed E-state index contributed by atoms with van der Waals surface area (Å²) in [5, 5.41) is 3.44. The van der Waals surface area contributed by atoms with Gasteiger partial charge in [0, 0.05) is 18.9 Å². The van der Waals surface area contributed by atoms with Crippen molar-refractivity contribution in [3.05, 3.63) is 35.9 Å². The molecule has 1 aliphatic rings. The second-order valence-corrected chi connectivity index (χ2v) is 10.1. The Hall–Kier alpha value is -1.52. The smallest absolute Gasteiger partial charge is 0.137 e. The van der Waals surface area contributed by atoms with Gasteiger partial charge < -0.3 is 15.8 Å². The van der Waals surface area contributed by atoms with Crippen LogP contribution in [0.2, 0.25) is 0 Å². The number of ketones is 1. The van der Waals surface area contributed by atoms with E-state index in [2.05, 4.69) is 38.2 Å². The van der Waals surface area contributed by atoms with E-state index in [4.69, 9.17) is 5.73 Å². The molecular formula is C27H44N2O2. The molecule has 0 aromatic heterocycles. The molecule has 174 valence electrons. The van der Waals surface area contributed by atoms with Gasteiger partial charge in [-0.2, -0.15) is 0 Å². The van der Waals surface area contributed by atoms with Crippen molar-refractivity contribution >= 4 is 12.1 Å². The van der Waals surface area contributed by atoms with E-state index in [1.165, 1.54) is 31.2 Å². The maximum Gasteiger partial charge on any atom is 0.137 e. The zero-order chi connectivity index (χ0) is 22.6. The van der Waals surface area contributed by atoms with Crippen LogP contribution in [0.5, 0.6) is 0 Å². The van der Waals surface area contributed by atoms with Crippen molar-refractivity contribution in [3.8, 4) is 0 Å². The molecule has 0 heterocycles. The molecule has 1 fully saturated rings. The normalized spacial score (nSPS) is 22.6. The number of nitrogens with one attached hydrogen (secondary N) is 1. The van der Waals surface area contributed by atoms with Crippen LogP contribution in [-0.4, -0.2) is 30.7 Å². The molecule has 1 aliphatic carbocycles. The minimum atomic E-state index is -0.124. The van der Waals surface area contributed by atoms with Crippen LogP contribution in [0.4, 0.5) is 0 Å². The predicted molar refractivity (Wildman–Crippen MR) is 129 cm³/mol. The molecule has 31 heavy (non-hydrogen) atoms. The Morgan fingerprint density at radius 2 is 1.90 bits per heavy atom. The monoisotopic (exact) mass is 428 g/mol. The molecule has 1 saturated carbocycles. The minimum Gasteiger partial charge on any atom is -0.327 e. The Labute approximate surface area is 189 Å². The highest BCUT2D eigenvalue weighted by Crippen LogP contribution is 2.37. The van der Waals surface area contributed by atoms with Crippen LogP contribution < -0.4 is 11.1 Å². The summed E-state index contributed by atoms with van der Waals surface area (Å²) in [6.45, 7) is 7.46. The molecule has 1 aromatic carbocycles. The zero-order valence-electron chi connectivity index (χ0n) is 19.9. The Morgan fingerprint density at radius 3 is 2.58 bits per heavy atom. The van der Waals surface area contributed by atoms with Gasteiger partial charge in [-0.15, -0.1) is 0 Å². The van der Waals surface area contributed by atoms with E-state index >= 15 is 0 Å². The summed E-state index contributed by atoms with van der Waals surface area (Å²) in [5.41, 5.74) is 7.37. The molecule has 4 nitrogen and oxygen atoms in total. The SMILES string of the molecule is CC[C@H](C)C(N)CCC(=O)CC1CC[C@@H](C[C@@H](C)CN[C@H](C=O)Cc2ccccc2)C1. The van der Waals surface area contributed by atoms with Crippen molar-refractivity contribution in [2.75, 3.05) is 6.54 Å². The molecule has 0 radical (unpaired) electrons. The van der Waals surface area contributed by atoms with Gasteiger partial charge in [-0.3, -0.25) is 4.79 Å².